The third kappa shape index (κ3) is 5.91. The van der Waals surface area contributed by atoms with Crippen LogP contribution in [0.5, 0.6) is 5.75 Å². The Morgan fingerprint density at radius 1 is 0.897 bits per heavy atom. The number of hydrazine groups is 1. The topological polar surface area (TPSA) is 79.5 Å². The van der Waals surface area contributed by atoms with E-state index in [0.29, 0.717) is 10.8 Å². The predicted octanol–water partition coefficient (Wildman–Crippen LogP) is 3.14. The van der Waals surface area contributed by atoms with E-state index in [1.54, 1.807) is 24.3 Å². The van der Waals surface area contributed by atoms with E-state index in [9.17, 15) is 9.59 Å². The lowest BCUT2D eigenvalue weighted by Crippen LogP contribution is -2.49. The van der Waals surface area contributed by atoms with E-state index in [1.165, 1.54) is 0 Å². The van der Waals surface area contributed by atoms with Gasteiger partial charge in [-0.05, 0) is 40.7 Å². The molecule has 6 nitrogen and oxygen atoms in total. The van der Waals surface area contributed by atoms with Crippen molar-refractivity contribution in [3.8, 4) is 5.75 Å². The molecule has 0 aromatic heterocycles. The van der Waals surface area contributed by atoms with E-state index in [-0.39, 0.29) is 24.0 Å². The molecule has 0 saturated carbocycles. The van der Waals surface area contributed by atoms with Gasteiger partial charge in [0.25, 0.3) is 5.91 Å². The normalized spacial score (nSPS) is 10.2. The third-order valence-corrected chi connectivity index (χ3v) is 4.51. The second-order valence-corrected chi connectivity index (χ2v) is 6.90. The van der Waals surface area contributed by atoms with Crippen molar-refractivity contribution >= 4 is 51.5 Å². The highest BCUT2D eigenvalue weighted by Crippen LogP contribution is 2.22. The summed E-state index contributed by atoms with van der Waals surface area (Å²) in [5, 5.41) is 4.86. The van der Waals surface area contributed by atoms with Gasteiger partial charge in [0.05, 0.1) is 11.4 Å². The minimum atomic E-state index is -0.481. The van der Waals surface area contributed by atoms with Crippen molar-refractivity contribution in [1.29, 1.82) is 0 Å². The van der Waals surface area contributed by atoms with Gasteiger partial charge in [-0.3, -0.25) is 25.8 Å². The van der Waals surface area contributed by atoms with Crippen LogP contribution in [0.1, 0.15) is 5.56 Å². The average Bonchev–Trinajstić information content (AvgIpc) is 2.72. The molecule has 0 aliphatic carbocycles. The number of halogens is 1. The zero-order chi connectivity index (χ0) is 20.6. The molecule has 3 N–H and O–H groups in total. The summed E-state index contributed by atoms with van der Waals surface area (Å²) in [6.07, 6.45) is 0.167. The first kappa shape index (κ1) is 20.6. The Kier molecular flexibility index (Phi) is 6.99. The average molecular weight is 428 g/mol. The van der Waals surface area contributed by atoms with Crippen LogP contribution in [-0.2, 0) is 16.0 Å². The number of amides is 2. The highest BCUT2D eigenvalue weighted by atomic mass is 35.5. The standard InChI is InChI=1S/C21H18ClN3O3S/c22-17-10-3-4-11-18(17)28-13-20(27)23-21(29)25-24-19(26)12-15-8-5-7-14-6-1-2-9-16(14)15/h1-11H,12-13H2,(H,24,26)(H2,23,25,27,29). The smallest absolute Gasteiger partial charge is 0.264 e. The Morgan fingerprint density at radius 2 is 1.62 bits per heavy atom. The summed E-state index contributed by atoms with van der Waals surface area (Å²) in [6, 6.07) is 20.4. The SMILES string of the molecule is O=C(Cc1cccc2ccccc12)NNC(=S)NC(=O)COc1ccccc1Cl. The van der Waals surface area contributed by atoms with Gasteiger partial charge in [0.15, 0.2) is 11.7 Å². The number of hydrogen-bond donors (Lipinski definition) is 3. The number of fused-ring (bicyclic) bond motifs is 1. The summed E-state index contributed by atoms with van der Waals surface area (Å²) >= 11 is 11.0. The fraction of sp³-hybridized carbons (Fsp3) is 0.0952. The molecule has 0 atom stereocenters. The van der Waals surface area contributed by atoms with Crippen molar-refractivity contribution in [3.05, 3.63) is 77.3 Å². The molecule has 0 spiro atoms. The molecule has 0 fully saturated rings. The molecule has 2 amide bonds. The van der Waals surface area contributed by atoms with Gasteiger partial charge in [0.2, 0.25) is 5.91 Å². The fourth-order valence-corrected chi connectivity index (χ4v) is 3.04. The van der Waals surface area contributed by atoms with Crippen LogP contribution < -0.4 is 20.9 Å². The quantitative estimate of drug-likeness (QED) is 0.430. The highest BCUT2D eigenvalue weighted by Gasteiger charge is 2.10. The molecule has 8 heteroatoms. The van der Waals surface area contributed by atoms with E-state index < -0.39 is 5.91 Å². The monoisotopic (exact) mass is 427 g/mol. The maximum Gasteiger partial charge on any atom is 0.264 e. The van der Waals surface area contributed by atoms with Gasteiger partial charge in [0.1, 0.15) is 5.75 Å². The second kappa shape index (κ2) is 9.86. The lowest BCUT2D eigenvalue weighted by molar-refractivity contribution is -0.122. The van der Waals surface area contributed by atoms with Crippen molar-refractivity contribution in [1.82, 2.24) is 16.2 Å². The van der Waals surface area contributed by atoms with Gasteiger partial charge in [-0.1, -0.05) is 66.2 Å². The molecule has 148 valence electrons. The number of carbonyl (C=O) groups excluding carboxylic acids is 2. The largest absolute Gasteiger partial charge is 0.482 e. The molecule has 29 heavy (non-hydrogen) atoms. The first-order chi connectivity index (χ1) is 14.0. The maximum absolute atomic E-state index is 12.2. The molecular formula is C21H18ClN3O3S. The first-order valence-corrected chi connectivity index (χ1v) is 9.54. The number of benzene rings is 3. The summed E-state index contributed by atoms with van der Waals surface area (Å²) in [5.41, 5.74) is 5.88. The van der Waals surface area contributed by atoms with Crippen LogP contribution in [0.25, 0.3) is 10.8 Å². The lowest BCUT2D eigenvalue weighted by atomic mass is 10.0. The Balaban J connectivity index is 1.44. The second-order valence-electron chi connectivity index (χ2n) is 6.08. The number of rotatable bonds is 5. The third-order valence-electron chi connectivity index (χ3n) is 3.99. The fourth-order valence-electron chi connectivity index (χ4n) is 2.69. The van der Waals surface area contributed by atoms with Crippen molar-refractivity contribution < 1.29 is 14.3 Å². The Labute approximate surface area is 178 Å². The summed E-state index contributed by atoms with van der Waals surface area (Å²) in [4.78, 5) is 24.1. The molecule has 0 radical (unpaired) electrons. The number of carbonyl (C=O) groups is 2. The van der Waals surface area contributed by atoms with Gasteiger partial charge >= 0.3 is 0 Å². The van der Waals surface area contributed by atoms with Gasteiger partial charge in [-0.2, -0.15) is 0 Å². The van der Waals surface area contributed by atoms with Crippen LogP contribution in [0.4, 0.5) is 0 Å². The Morgan fingerprint density at radius 3 is 2.45 bits per heavy atom. The van der Waals surface area contributed by atoms with Crippen LogP contribution in [0.3, 0.4) is 0 Å². The molecule has 0 aliphatic heterocycles. The summed E-state index contributed by atoms with van der Waals surface area (Å²) in [7, 11) is 0. The number of thiocarbonyl (C=S) groups is 1. The molecule has 3 rings (SSSR count). The van der Waals surface area contributed by atoms with Gasteiger partial charge in [0, 0.05) is 0 Å². The molecule has 3 aromatic carbocycles. The summed E-state index contributed by atoms with van der Waals surface area (Å²) in [6.45, 7) is -0.268. The maximum atomic E-state index is 12.2. The van der Waals surface area contributed by atoms with Crippen molar-refractivity contribution in [2.24, 2.45) is 0 Å². The predicted molar refractivity (Wildman–Crippen MR) is 117 cm³/mol. The summed E-state index contributed by atoms with van der Waals surface area (Å²) in [5.74, 6) is -0.373. The Hall–Kier alpha value is -3.16. The van der Waals surface area contributed by atoms with Crippen molar-refractivity contribution in [3.63, 3.8) is 0 Å². The molecule has 0 heterocycles. The van der Waals surface area contributed by atoms with Gasteiger partial charge in [-0.25, -0.2) is 0 Å². The number of hydrogen-bond acceptors (Lipinski definition) is 4. The lowest BCUT2D eigenvalue weighted by Gasteiger charge is -2.12. The number of ether oxygens (including phenoxy) is 1. The first-order valence-electron chi connectivity index (χ1n) is 8.75. The zero-order valence-electron chi connectivity index (χ0n) is 15.3. The minimum Gasteiger partial charge on any atom is -0.482 e. The van der Waals surface area contributed by atoms with E-state index in [1.807, 2.05) is 42.5 Å². The van der Waals surface area contributed by atoms with E-state index in [0.717, 1.165) is 16.3 Å². The number of para-hydroxylation sites is 1. The molecule has 0 unspecified atom stereocenters. The van der Waals surface area contributed by atoms with Gasteiger partial charge < -0.3 is 4.74 Å². The molecule has 0 saturated heterocycles. The molecule has 3 aromatic rings. The van der Waals surface area contributed by atoms with Crippen molar-refractivity contribution in [2.45, 2.75) is 6.42 Å². The van der Waals surface area contributed by atoms with Gasteiger partial charge in [-0.15, -0.1) is 0 Å². The summed E-state index contributed by atoms with van der Waals surface area (Å²) < 4.78 is 5.33. The molecule has 0 aliphatic rings. The zero-order valence-corrected chi connectivity index (χ0v) is 16.8. The van der Waals surface area contributed by atoms with Crippen LogP contribution in [0.15, 0.2) is 66.7 Å². The van der Waals surface area contributed by atoms with Crippen molar-refractivity contribution in [2.75, 3.05) is 6.61 Å². The van der Waals surface area contributed by atoms with Crippen LogP contribution in [-0.4, -0.2) is 23.5 Å². The molecule has 0 bridgehead atoms. The van der Waals surface area contributed by atoms with Crippen LogP contribution in [0.2, 0.25) is 5.02 Å². The molecular weight excluding hydrogens is 410 g/mol. The Bertz CT molecular complexity index is 1050. The van der Waals surface area contributed by atoms with E-state index in [4.69, 9.17) is 28.6 Å². The van der Waals surface area contributed by atoms with E-state index >= 15 is 0 Å². The van der Waals surface area contributed by atoms with Crippen LogP contribution >= 0.6 is 23.8 Å². The van der Waals surface area contributed by atoms with E-state index in [2.05, 4.69) is 16.2 Å². The highest BCUT2D eigenvalue weighted by molar-refractivity contribution is 7.80. The van der Waals surface area contributed by atoms with Crippen LogP contribution in [0, 0.1) is 0 Å². The number of nitrogens with one attached hydrogen (secondary N) is 3. The minimum absolute atomic E-state index is 0.0379.